The highest BCUT2D eigenvalue weighted by Crippen LogP contribution is 2.24. The van der Waals surface area contributed by atoms with Crippen LogP contribution >= 0.6 is 22.9 Å². The molecule has 1 N–H and O–H groups in total. The second kappa shape index (κ2) is 6.56. The molecule has 0 amide bonds. The lowest BCUT2D eigenvalue weighted by Crippen LogP contribution is -2.30. The SMILES string of the molecule is Cc1ccsc1C(C)NC(C)Cc1ccc(Cl)cc1. The van der Waals surface area contributed by atoms with Gasteiger partial charge >= 0.3 is 0 Å². The summed E-state index contributed by atoms with van der Waals surface area (Å²) >= 11 is 7.73. The minimum Gasteiger partial charge on any atom is -0.307 e. The van der Waals surface area contributed by atoms with Gasteiger partial charge in [-0.2, -0.15) is 0 Å². The lowest BCUT2D eigenvalue weighted by molar-refractivity contribution is 0.481. The summed E-state index contributed by atoms with van der Waals surface area (Å²) in [6.45, 7) is 6.64. The van der Waals surface area contributed by atoms with E-state index in [2.05, 4.69) is 49.7 Å². The van der Waals surface area contributed by atoms with Crippen molar-refractivity contribution in [1.82, 2.24) is 5.32 Å². The maximum absolute atomic E-state index is 5.90. The minimum absolute atomic E-state index is 0.405. The van der Waals surface area contributed by atoms with E-state index >= 15 is 0 Å². The highest BCUT2D eigenvalue weighted by Gasteiger charge is 2.12. The predicted octanol–water partition coefficient (Wildman–Crippen LogP) is 4.99. The number of nitrogens with one attached hydrogen (secondary N) is 1. The molecule has 0 saturated carbocycles. The summed E-state index contributed by atoms with van der Waals surface area (Å²) in [4.78, 5) is 1.43. The highest BCUT2D eigenvalue weighted by molar-refractivity contribution is 7.10. The van der Waals surface area contributed by atoms with Gasteiger partial charge in [0, 0.05) is 22.0 Å². The smallest absolute Gasteiger partial charge is 0.0406 e. The maximum Gasteiger partial charge on any atom is 0.0406 e. The average Bonchev–Trinajstić information content (AvgIpc) is 2.78. The summed E-state index contributed by atoms with van der Waals surface area (Å²) in [5, 5.41) is 6.62. The Kier molecular flexibility index (Phi) is 5.03. The monoisotopic (exact) mass is 293 g/mol. The molecular formula is C16H20ClNS. The van der Waals surface area contributed by atoms with Gasteiger partial charge in [0.1, 0.15) is 0 Å². The predicted molar refractivity (Wildman–Crippen MR) is 85.2 cm³/mol. The summed E-state index contributed by atoms with van der Waals surface area (Å²) in [6, 6.07) is 11.1. The molecule has 1 aromatic heterocycles. The van der Waals surface area contributed by atoms with Gasteiger partial charge in [-0.05, 0) is 61.9 Å². The van der Waals surface area contributed by atoms with Crippen molar-refractivity contribution in [3.8, 4) is 0 Å². The van der Waals surface area contributed by atoms with Gasteiger partial charge in [0.05, 0.1) is 0 Å². The molecule has 1 nitrogen and oxygen atoms in total. The average molecular weight is 294 g/mol. The Morgan fingerprint density at radius 3 is 2.42 bits per heavy atom. The molecule has 2 unspecified atom stereocenters. The molecule has 0 aliphatic heterocycles. The summed E-state index contributed by atoms with van der Waals surface area (Å²) in [7, 11) is 0. The lowest BCUT2D eigenvalue weighted by atomic mass is 10.1. The highest BCUT2D eigenvalue weighted by atomic mass is 35.5. The van der Waals surface area contributed by atoms with E-state index in [9.17, 15) is 0 Å². The second-order valence-corrected chi connectivity index (χ2v) is 6.47. The van der Waals surface area contributed by atoms with Crippen LogP contribution in [0.3, 0.4) is 0 Å². The standard InChI is InChI=1S/C16H20ClNS/c1-11-8-9-19-16(11)13(3)18-12(2)10-14-4-6-15(17)7-5-14/h4-9,12-13,18H,10H2,1-3H3. The van der Waals surface area contributed by atoms with Crippen molar-refractivity contribution in [3.63, 3.8) is 0 Å². The Balaban J connectivity index is 1.92. The van der Waals surface area contributed by atoms with Crippen LogP contribution in [0, 0.1) is 6.92 Å². The van der Waals surface area contributed by atoms with Crippen LogP contribution in [0.15, 0.2) is 35.7 Å². The molecular weight excluding hydrogens is 274 g/mol. The first-order chi connectivity index (χ1) is 9.06. The Hall–Kier alpha value is -0.830. The molecule has 0 aliphatic carbocycles. The van der Waals surface area contributed by atoms with Crippen LogP contribution in [0.2, 0.25) is 5.02 Å². The van der Waals surface area contributed by atoms with Crippen molar-refractivity contribution >= 4 is 22.9 Å². The molecule has 1 aromatic carbocycles. The van der Waals surface area contributed by atoms with Gasteiger partial charge in [-0.1, -0.05) is 23.7 Å². The third-order valence-electron chi connectivity index (χ3n) is 3.28. The van der Waals surface area contributed by atoms with Crippen molar-refractivity contribution in [2.75, 3.05) is 0 Å². The van der Waals surface area contributed by atoms with Gasteiger partial charge in [0.25, 0.3) is 0 Å². The van der Waals surface area contributed by atoms with Crippen molar-refractivity contribution in [3.05, 3.63) is 56.7 Å². The van der Waals surface area contributed by atoms with Crippen LogP contribution in [-0.2, 0) is 6.42 Å². The molecule has 2 aromatic rings. The first kappa shape index (κ1) is 14.6. The van der Waals surface area contributed by atoms with Crippen LogP contribution in [0.1, 0.15) is 35.9 Å². The van der Waals surface area contributed by atoms with Crippen LogP contribution in [-0.4, -0.2) is 6.04 Å². The molecule has 2 atom stereocenters. The molecule has 102 valence electrons. The number of halogens is 1. The lowest BCUT2D eigenvalue weighted by Gasteiger charge is -2.20. The first-order valence-corrected chi connectivity index (χ1v) is 7.86. The van der Waals surface area contributed by atoms with Crippen LogP contribution in [0.25, 0.3) is 0 Å². The van der Waals surface area contributed by atoms with E-state index in [1.807, 2.05) is 23.5 Å². The minimum atomic E-state index is 0.405. The van der Waals surface area contributed by atoms with Crippen LogP contribution in [0.4, 0.5) is 0 Å². The molecule has 0 aliphatic rings. The van der Waals surface area contributed by atoms with Gasteiger partial charge in [-0.25, -0.2) is 0 Å². The number of rotatable bonds is 5. The fourth-order valence-electron chi connectivity index (χ4n) is 2.36. The molecule has 0 bridgehead atoms. The molecule has 0 fully saturated rings. The summed E-state index contributed by atoms with van der Waals surface area (Å²) < 4.78 is 0. The van der Waals surface area contributed by atoms with E-state index < -0.39 is 0 Å². The zero-order chi connectivity index (χ0) is 13.8. The fraction of sp³-hybridized carbons (Fsp3) is 0.375. The summed E-state index contributed by atoms with van der Waals surface area (Å²) in [6.07, 6.45) is 1.02. The van der Waals surface area contributed by atoms with Crippen LogP contribution in [0.5, 0.6) is 0 Å². The van der Waals surface area contributed by atoms with Crippen molar-refractivity contribution in [2.45, 2.75) is 39.3 Å². The van der Waals surface area contributed by atoms with Gasteiger partial charge in [-0.15, -0.1) is 11.3 Å². The third-order valence-corrected chi connectivity index (χ3v) is 4.74. The van der Waals surface area contributed by atoms with E-state index in [-0.39, 0.29) is 0 Å². The van der Waals surface area contributed by atoms with Gasteiger partial charge in [0.15, 0.2) is 0 Å². The van der Waals surface area contributed by atoms with Gasteiger partial charge < -0.3 is 5.32 Å². The number of aryl methyl sites for hydroxylation is 1. The van der Waals surface area contributed by atoms with E-state index in [1.165, 1.54) is 16.0 Å². The molecule has 19 heavy (non-hydrogen) atoms. The molecule has 3 heteroatoms. The van der Waals surface area contributed by atoms with Crippen LogP contribution < -0.4 is 5.32 Å². The molecule has 2 rings (SSSR count). The molecule has 1 heterocycles. The number of thiophene rings is 1. The van der Waals surface area contributed by atoms with Crippen molar-refractivity contribution in [2.24, 2.45) is 0 Å². The fourth-order valence-corrected chi connectivity index (χ4v) is 3.43. The third kappa shape index (κ3) is 4.07. The zero-order valence-corrected chi connectivity index (χ0v) is 13.2. The molecule has 0 spiro atoms. The topological polar surface area (TPSA) is 12.0 Å². The largest absolute Gasteiger partial charge is 0.307 e. The number of benzene rings is 1. The Morgan fingerprint density at radius 1 is 1.16 bits per heavy atom. The van der Waals surface area contributed by atoms with E-state index in [0.29, 0.717) is 12.1 Å². The van der Waals surface area contributed by atoms with E-state index in [0.717, 1.165) is 11.4 Å². The number of hydrogen-bond donors (Lipinski definition) is 1. The molecule has 0 radical (unpaired) electrons. The Morgan fingerprint density at radius 2 is 1.84 bits per heavy atom. The quantitative estimate of drug-likeness (QED) is 0.819. The first-order valence-electron chi connectivity index (χ1n) is 6.60. The summed E-state index contributed by atoms with van der Waals surface area (Å²) in [5.41, 5.74) is 2.70. The second-order valence-electron chi connectivity index (χ2n) is 5.09. The zero-order valence-electron chi connectivity index (χ0n) is 11.6. The summed E-state index contributed by atoms with van der Waals surface area (Å²) in [5.74, 6) is 0. The Bertz CT molecular complexity index is 518. The maximum atomic E-state index is 5.90. The van der Waals surface area contributed by atoms with E-state index in [4.69, 9.17) is 11.6 Å². The van der Waals surface area contributed by atoms with Crippen molar-refractivity contribution in [1.29, 1.82) is 0 Å². The van der Waals surface area contributed by atoms with Gasteiger partial charge in [-0.3, -0.25) is 0 Å². The normalized spacial score (nSPS) is 14.3. The van der Waals surface area contributed by atoms with E-state index in [1.54, 1.807) is 0 Å². The number of hydrogen-bond acceptors (Lipinski definition) is 2. The van der Waals surface area contributed by atoms with Crippen molar-refractivity contribution < 1.29 is 0 Å². The molecule has 0 saturated heterocycles. The Labute approximate surface area is 124 Å². The van der Waals surface area contributed by atoms with Gasteiger partial charge in [0.2, 0.25) is 0 Å².